The fourth-order valence-corrected chi connectivity index (χ4v) is 2.50. The zero-order valence-corrected chi connectivity index (χ0v) is 17.5. The van der Waals surface area contributed by atoms with E-state index in [1.807, 2.05) is 0 Å². The standard InChI is InChI=1S/C18H32N4O8/c1-8(2)5-11(16(27)21-12(7-23)18(29)30)20-17(28)14(9(3)4)22-15(26)10(19)6-13(24)25/h8-12,14,23H,5-7,19H2,1-4H3,(H,20,28)(H,21,27)(H,22,26)(H,24,25)(H,29,30). The number of hydrogen-bond acceptors (Lipinski definition) is 7. The Bertz CT molecular complexity index is 638. The number of amides is 3. The summed E-state index contributed by atoms with van der Waals surface area (Å²) in [6, 6.07) is -5.10. The fourth-order valence-electron chi connectivity index (χ4n) is 2.50. The zero-order chi connectivity index (χ0) is 23.6. The van der Waals surface area contributed by atoms with E-state index < -0.39 is 72.8 Å². The number of carboxylic acid groups (broad SMARTS) is 2. The number of aliphatic hydroxyl groups is 1. The van der Waals surface area contributed by atoms with Gasteiger partial charge in [0, 0.05) is 0 Å². The lowest BCUT2D eigenvalue weighted by molar-refractivity contribution is -0.143. The largest absolute Gasteiger partial charge is 0.481 e. The van der Waals surface area contributed by atoms with Crippen molar-refractivity contribution in [3.05, 3.63) is 0 Å². The molecule has 0 aliphatic heterocycles. The van der Waals surface area contributed by atoms with Crippen LogP contribution < -0.4 is 21.7 Å². The Morgan fingerprint density at radius 3 is 1.77 bits per heavy atom. The highest BCUT2D eigenvalue weighted by molar-refractivity contribution is 5.94. The summed E-state index contributed by atoms with van der Waals surface area (Å²) in [6.45, 7) is 6.03. The van der Waals surface area contributed by atoms with Crippen LogP contribution in [0.3, 0.4) is 0 Å². The van der Waals surface area contributed by atoms with Crippen LogP contribution in [0.1, 0.15) is 40.5 Å². The van der Waals surface area contributed by atoms with Gasteiger partial charge >= 0.3 is 11.9 Å². The maximum absolute atomic E-state index is 12.7. The highest BCUT2D eigenvalue weighted by atomic mass is 16.4. The smallest absolute Gasteiger partial charge is 0.328 e. The minimum atomic E-state index is -1.53. The molecule has 172 valence electrons. The normalized spacial score (nSPS) is 15.1. The SMILES string of the molecule is CC(C)CC(NC(=O)C(NC(=O)C(N)CC(=O)O)C(C)C)C(=O)NC(CO)C(=O)O. The lowest BCUT2D eigenvalue weighted by Gasteiger charge is -2.27. The second kappa shape index (κ2) is 12.8. The van der Waals surface area contributed by atoms with Gasteiger partial charge in [0.15, 0.2) is 0 Å². The molecule has 0 aromatic heterocycles. The Morgan fingerprint density at radius 1 is 0.833 bits per heavy atom. The van der Waals surface area contributed by atoms with Gasteiger partial charge in [-0.3, -0.25) is 19.2 Å². The molecular formula is C18H32N4O8. The van der Waals surface area contributed by atoms with Crippen molar-refractivity contribution in [2.24, 2.45) is 17.6 Å². The molecule has 0 fully saturated rings. The van der Waals surface area contributed by atoms with Crippen molar-refractivity contribution >= 4 is 29.7 Å². The van der Waals surface area contributed by atoms with Crippen LogP contribution >= 0.6 is 0 Å². The molecule has 4 atom stereocenters. The number of rotatable bonds is 13. The van der Waals surface area contributed by atoms with Gasteiger partial charge in [-0.15, -0.1) is 0 Å². The Morgan fingerprint density at radius 2 is 1.37 bits per heavy atom. The number of carbonyl (C=O) groups excluding carboxylic acids is 3. The molecule has 30 heavy (non-hydrogen) atoms. The van der Waals surface area contributed by atoms with E-state index in [9.17, 15) is 24.0 Å². The van der Waals surface area contributed by atoms with Crippen molar-refractivity contribution in [2.75, 3.05) is 6.61 Å². The third-order valence-corrected chi connectivity index (χ3v) is 4.12. The van der Waals surface area contributed by atoms with Gasteiger partial charge in [0.1, 0.15) is 18.1 Å². The van der Waals surface area contributed by atoms with E-state index in [1.54, 1.807) is 27.7 Å². The molecule has 0 saturated heterocycles. The molecule has 0 radical (unpaired) electrons. The van der Waals surface area contributed by atoms with Crippen LogP contribution in [0.2, 0.25) is 0 Å². The van der Waals surface area contributed by atoms with Crippen LogP contribution in [0.25, 0.3) is 0 Å². The maximum Gasteiger partial charge on any atom is 0.328 e. The van der Waals surface area contributed by atoms with Crippen molar-refractivity contribution in [2.45, 2.75) is 64.7 Å². The summed E-state index contributed by atoms with van der Waals surface area (Å²) in [5, 5.41) is 33.8. The maximum atomic E-state index is 12.7. The van der Waals surface area contributed by atoms with Crippen LogP contribution in [-0.2, 0) is 24.0 Å². The molecule has 0 aliphatic rings. The summed E-state index contributed by atoms with van der Waals surface area (Å²) < 4.78 is 0. The minimum absolute atomic E-state index is 0.0467. The molecule has 3 amide bonds. The number of nitrogens with one attached hydrogen (secondary N) is 3. The second-order valence-electron chi connectivity index (χ2n) is 7.71. The van der Waals surface area contributed by atoms with Gasteiger partial charge in [0.05, 0.1) is 19.1 Å². The lowest BCUT2D eigenvalue weighted by Crippen LogP contribution is -2.59. The van der Waals surface area contributed by atoms with Gasteiger partial charge in [0.25, 0.3) is 0 Å². The van der Waals surface area contributed by atoms with Gasteiger partial charge in [0.2, 0.25) is 17.7 Å². The molecule has 0 aliphatic carbocycles. The van der Waals surface area contributed by atoms with Gasteiger partial charge < -0.3 is 37.0 Å². The molecule has 0 aromatic carbocycles. The van der Waals surface area contributed by atoms with Crippen LogP contribution in [0.5, 0.6) is 0 Å². The second-order valence-corrected chi connectivity index (χ2v) is 7.71. The molecule has 0 saturated carbocycles. The van der Waals surface area contributed by atoms with E-state index in [4.69, 9.17) is 21.1 Å². The van der Waals surface area contributed by atoms with Crippen molar-refractivity contribution in [1.29, 1.82) is 0 Å². The third-order valence-electron chi connectivity index (χ3n) is 4.12. The van der Waals surface area contributed by atoms with Crippen LogP contribution in [0.15, 0.2) is 0 Å². The molecule has 0 rings (SSSR count). The average molecular weight is 432 g/mol. The van der Waals surface area contributed by atoms with Gasteiger partial charge in [-0.25, -0.2) is 4.79 Å². The Labute approximate surface area is 174 Å². The predicted molar refractivity (Wildman–Crippen MR) is 105 cm³/mol. The molecular weight excluding hydrogens is 400 g/mol. The summed E-state index contributed by atoms with van der Waals surface area (Å²) in [5.74, 6) is -5.50. The van der Waals surface area contributed by atoms with E-state index in [-0.39, 0.29) is 12.3 Å². The quantitative estimate of drug-likeness (QED) is 0.172. The van der Waals surface area contributed by atoms with Crippen LogP contribution in [-0.4, -0.2) is 75.8 Å². The number of hydrogen-bond donors (Lipinski definition) is 7. The minimum Gasteiger partial charge on any atom is -0.481 e. The summed E-state index contributed by atoms with van der Waals surface area (Å²) in [7, 11) is 0. The van der Waals surface area contributed by atoms with Crippen molar-refractivity contribution < 1.29 is 39.3 Å². The van der Waals surface area contributed by atoms with E-state index in [1.165, 1.54) is 0 Å². The Balaban J connectivity index is 5.35. The lowest BCUT2D eigenvalue weighted by atomic mass is 9.99. The first-order valence-electron chi connectivity index (χ1n) is 9.52. The van der Waals surface area contributed by atoms with Gasteiger partial charge in [-0.05, 0) is 18.3 Å². The molecule has 8 N–H and O–H groups in total. The van der Waals surface area contributed by atoms with Gasteiger partial charge in [-0.2, -0.15) is 0 Å². The van der Waals surface area contributed by atoms with Gasteiger partial charge in [-0.1, -0.05) is 27.7 Å². The number of aliphatic hydroxyl groups excluding tert-OH is 1. The fraction of sp³-hybridized carbons (Fsp3) is 0.722. The number of carboxylic acids is 2. The third kappa shape index (κ3) is 9.65. The first-order chi connectivity index (χ1) is 13.8. The zero-order valence-electron chi connectivity index (χ0n) is 17.5. The average Bonchev–Trinajstić information content (AvgIpc) is 2.61. The highest BCUT2D eigenvalue weighted by Gasteiger charge is 2.32. The number of nitrogens with two attached hydrogens (primary N) is 1. The van der Waals surface area contributed by atoms with Crippen LogP contribution in [0, 0.1) is 11.8 Å². The van der Waals surface area contributed by atoms with E-state index >= 15 is 0 Å². The first kappa shape index (κ1) is 27.3. The van der Waals surface area contributed by atoms with Crippen molar-refractivity contribution in [3.63, 3.8) is 0 Å². The predicted octanol–water partition coefficient (Wildman–Crippen LogP) is -1.98. The molecule has 12 nitrogen and oxygen atoms in total. The molecule has 0 heterocycles. The monoisotopic (exact) mass is 432 g/mol. The van der Waals surface area contributed by atoms with Crippen molar-refractivity contribution in [1.82, 2.24) is 16.0 Å². The molecule has 0 aromatic rings. The summed E-state index contributed by atoms with van der Waals surface area (Å²) in [4.78, 5) is 59.0. The van der Waals surface area contributed by atoms with E-state index in [2.05, 4.69) is 16.0 Å². The van der Waals surface area contributed by atoms with Crippen LogP contribution in [0.4, 0.5) is 0 Å². The molecule has 0 spiro atoms. The summed E-state index contributed by atoms with van der Waals surface area (Å²) >= 11 is 0. The number of carbonyl (C=O) groups is 5. The molecule has 12 heteroatoms. The Hall–Kier alpha value is -2.73. The number of aliphatic carboxylic acids is 2. The summed E-state index contributed by atoms with van der Waals surface area (Å²) in [6.07, 6.45) is -0.443. The van der Waals surface area contributed by atoms with E-state index in [0.29, 0.717) is 0 Å². The van der Waals surface area contributed by atoms with Crippen molar-refractivity contribution in [3.8, 4) is 0 Å². The molecule has 0 bridgehead atoms. The highest BCUT2D eigenvalue weighted by Crippen LogP contribution is 2.09. The summed E-state index contributed by atoms with van der Waals surface area (Å²) in [5.41, 5.74) is 5.51. The topological polar surface area (TPSA) is 208 Å². The Kier molecular flexibility index (Phi) is 11.6. The first-order valence-corrected chi connectivity index (χ1v) is 9.52. The van der Waals surface area contributed by atoms with E-state index in [0.717, 1.165) is 0 Å². The molecule has 4 unspecified atom stereocenters.